The van der Waals surface area contributed by atoms with Gasteiger partial charge in [-0.1, -0.05) is 262 Å². The van der Waals surface area contributed by atoms with Gasteiger partial charge < -0.3 is 20.1 Å². The van der Waals surface area contributed by atoms with Crippen molar-refractivity contribution in [1.29, 1.82) is 0 Å². The summed E-state index contributed by atoms with van der Waals surface area (Å²) in [5, 5.41) is 0. The Labute approximate surface area is 470 Å². The fourth-order valence-electron chi connectivity index (χ4n) is 7.61. The number of esters is 2. The molecule has 0 spiro atoms. The molecule has 0 aromatic carbocycles. The Balaban J connectivity index is 3.93. The molecule has 0 aromatic rings. The highest BCUT2D eigenvalue weighted by molar-refractivity contribution is 7.47. The minimum atomic E-state index is -4.41. The molecule has 3 N–H and O–H groups in total. The molecule has 0 heterocycles. The van der Waals surface area contributed by atoms with Gasteiger partial charge in [-0.25, -0.2) is 4.57 Å². The molecular formula is C67H108NO8P. The second-order valence-electron chi connectivity index (χ2n) is 19.1. The van der Waals surface area contributed by atoms with Crippen LogP contribution < -0.4 is 5.73 Å². The van der Waals surface area contributed by atoms with Crippen LogP contribution in [0.2, 0.25) is 0 Å². The molecule has 0 saturated heterocycles. The molecule has 10 heteroatoms. The Bertz CT molecular complexity index is 1810. The maximum absolute atomic E-state index is 12.7. The zero-order valence-corrected chi connectivity index (χ0v) is 49.3. The van der Waals surface area contributed by atoms with Gasteiger partial charge in [-0.3, -0.25) is 18.6 Å². The van der Waals surface area contributed by atoms with Crippen LogP contribution in [0.5, 0.6) is 0 Å². The average molecular weight is 1090 g/mol. The van der Waals surface area contributed by atoms with Crippen molar-refractivity contribution >= 4 is 19.8 Å². The second kappa shape index (κ2) is 60.9. The van der Waals surface area contributed by atoms with E-state index in [9.17, 15) is 19.0 Å². The Kier molecular flexibility index (Phi) is 57.4. The second-order valence-corrected chi connectivity index (χ2v) is 20.6. The van der Waals surface area contributed by atoms with Gasteiger partial charge in [0.25, 0.3) is 0 Å². The predicted octanol–water partition coefficient (Wildman–Crippen LogP) is 19.3. The van der Waals surface area contributed by atoms with E-state index in [-0.39, 0.29) is 32.6 Å². The Morgan fingerprint density at radius 3 is 1.06 bits per heavy atom. The summed E-state index contributed by atoms with van der Waals surface area (Å²) in [6, 6.07) is 0. The molecule has 9 nitrogen and oxygen atoms in total. The van der Waals surface area contributed by atoms with Crippen LogP contribution in [0.3, 0.4) is 0 Å². The largest absolute Gasteiger partial charge is 0.472 e. The van der Waals surface area contributed by atoms with Crippen molar-refractivity contribution in [3.05, 3.63) is 158 Å². The molecule has 0 aliphatic carbocycles. The number of phosphoric acid groups is 1. The van der Waals surface area contributed by atoms with Crippen molar-refractivity contribution in [2.24, 2.45) is 5.73 Å². The predicted molar refractivity (Wildman–Crippen MR) is 330 cm³/mol. The van der Waals surface area contributed by atoms with E-state index >= 15 is 0 Å². The minimum absolute atomic E-state index is 0.0354. The van der Waals surface area contributed by atoms with Gasteiger partial charge >= 0.3 is 19.8 Å². The zero-order valence-electron chi connectivity index (χ0n) is 48.4. The van der Waals surface area contributed by atoms with Crippen LogP contribution in [0.1, 0.15) is 219 Å². The van der Waals surface area contributed by atoms with Crippen LogP contribution in [0.25, 0.3) is 0 Å². The molecule has 0 amide bonds. The molecule has 0 rings (SSSR count). The van der Waals surface area contributed by atoms with Gasteiger partial charge in [0.2, 0.25) is 0 Å². The van der Waals surface area contributed by atoms with E-state index in [4.69, 9.17) is 24.3 Å². The molecule has 0 aliphatic rings. The van der Waals surface area contributed by atoms with Crippen molar-refractivity contribution in [1.82, 2.24) is 0 Å². The molecule has 0 bridgehead atoms. The summed E-state index contributed by atoms with van der Waals surface area (Å²) in [5.41, 5.74) is 5.37. The fraction of sp³-hybridized carbons (Fsp3) is 0.582. The van der Waals surface area contributed by atoms with Crippen molar-refractivity contribution in [2.75, 3.05) is 26.4 Å². The van der Waals surface area contributed by atoms with Crippen LogP contribution in [-0.2, 0) is 32.7 Å². The lowest BCUT2D eigenvalue weighted by Crippen LogP contribution is -2.29. The first kappa shape index (κ1) is 72.6. The number of carbonyl (C=O) groups excluding carboxylic acids is 2. The number of phosphoric ester groups is 1. The molecule has 2 unspecified atom stereocenters. The third-order valence-corrected chi connectivity index (χ3v) is 12.9. The molecule has 0 radical (unpaired) electrons. The number of carbonyl (C=O) groups is 2. The molecule has 0 aromatic heterocycles. The Hall–Kier alpha value is -4.37. The van der Waals surface area contributed by atoms with E-state index < -0.39 is 32.5 Å². The quantitative estimate of drug-likeness (QED) is 0.0264. The highest BCUT2D eigenvalue weighted by Gasteiger charge is 2.26. The summed E-state index contributed by atoms with van der Waals surface area (Å²) in [6.07, 6.45) is 89.3. The lowest BCUT2D eigenvalue weighted by atomic mass is 10.0. The normalized spacial score (nSPS) is 14.2. The number of rotatable bonds is 54. The summed E-state index contributed by atoms with van der Waals surface area (Å²) in [5.74, 6) is -0.983. The SMILES string of the molecule is CC/C=C\C/C=C\C/C=C\C/C=C\C/C=C\C/C=C\C/C=C\C/C=C\CCCCCCCCCCCCCCCCCCC(=O)OC(COC(=O)C/C=C\C/C=C\C/C=C\C/C=C\C/C=C\CC)COP(=O)(O)OCCN. The molecule has 0 saturated carbocycles. The monoisotopic (exact) mass is 1090 g/mol. The maximum Gasteiger partial charge on any atom is 0.472 e. The Morgan fingerprint density at radius 2 is 0.714 bits per heavy atom. The lowest BCUT2D eigenvalue weighted by molar-refractivity contribution is -0.160. The summed E-state index contributed by atoms with van der Waals surface area (Å²) in [4.78, 5) is 35.0. The smallest absolute Gasteiger partial charge is 0.461 e. The van der Waals surface area contributed by atoms with Crippen LogP contribution in [0, 0.1) is 0 Å². The minimum Gasteiger partial charge on any atom is -0.461 e. The van der Waals surface area contributed by atoms with Gasteiger partial charge in [0.15, 0.2) is 6.10 Å². The van der Waals surface area contributed by atoms with E-state index in [2.05, 4.69) is 154 Å². The number of ether oxygens (including phenoxy) is 2. The van der Waals surface area contributed by atoms with E-state index in [0.29, 0.717) is 12.8 Å². The van der Waals surface area contributed by atoms with Gasteiger partial charge in [-0.05, 0) is 103 Å². The molecule has 0 aliphatic heterocycles. The standard InChI is InChI=1S/C67H108NO8P/c1-3-5-7-9-11-13-15-17-19-20-21-22-23-24-25-26-27-28-29-30-31-32-33-34-35-36-37-38-39-40-41-42-43-44-46-48-50-52-54-56-58-60-67(70)76-65(64-75-77(71,72)74-62-61-68)63-73-66(69)59-57-55-53-51-49-47-45-18-16-14-12-10-8-6-4-2/h5-8,11-14,17-19,21-22,24-25,27-28,30-31,33-34,45,49,51,55,57,65H,3-4,9-10,15-16,20,23,26,29,32,35-44,46-48,50,52-54,56,58-64,68H2,1-2H3,(H,71,72)/b7-5-,8-6-,13-11-,14-12-,19-17-,22-21-,25-24-,28-27-,31-30-,34-33-,45-18-,51-49-,57-55-. The molecule has 77 heavy (non-hydrogen) atoms. The van der Waals surface area contributed by atoms with Gasteiger partial charge in [0, 0.05) is 13.0 Å². The summed E-state index contributed by atoms with van der Waals surface area (Å²) in [6.45, 7) is 3.38. The first-order valence-electron chi connectivity index (χ1n) is 30.0. The van der Waals surface area contributed by atoms with Gasteiger partial charge in [-0.15, -0.1) is 0 Å². The molecule has 434 valence electrons. The van der Waals surface area contributed by atoms with Crippen LogP contribution in [0.4, 0.5) is 0 Å². The van der Waals surface area contributed by atoms with Crippen molar-refractivity contribution in [2.45, 2.75) is 225 Å². The highest BCUT2D eigenvalue weighted by Crippen LogP contribution is 2.43. The van der Waals surface area contributed by atoms with Gasteiger partial charge in [0.05, 0.1) is 19.6 Å². The van der Waals surface area contributed by atoms with Crippen LogP contribution >= 0.6 is 7.82 Å². The summed E-state index contributed by atoms with van der Waals surface area (Å²) in [7, 11) is -4.41. The van der Waals surface area contributed by atoms with Crippen LogP contribution in [0.15, 0.2) is 158 Å². The fourth-order valence-corrected chi connectivity index (χ4v) is 8.37. The number of hydrogen-bond acceptors (Lipinski definition) is 8. The number of allylic oxidation sites excluding steroid dienone is 25. The molecule has 2 atom stereocenters. The van der Waals surface area contributed by atoms with E-state index in [1.165, 1.54) is 83.5 Å². The van der Waals surface area contributed by atoms with Crippen molar-refractivity contribution in [3.63, 3.8) is 0 Å². The van der Waals surface area contributed by atoms with E-state index in [0.717, 1.165) is 96.3 Å². The summed E-state index contributed by atoms with van der Waals surface area (Å²) >= 11 is 0. The van der Waals surface area contributed by atoms with Gasteiger partial charge in [0.1, 0.15) is 6.61 Å². The first-order chi connectivity index (χ1) is 37.8. The van der Waals surface area contributed by atoms with Crippen molar-refractivity contribution < 1.29 is 37.6 Å². The van der Waals surface area contributed by atoms with E-state index in [1.807, 2.05) is 12.2 Å². The maximum atomic E-state index is 12.7. The zero-order chi connectivity index (χ0) is 55.9. The number of unbranched alkanes of at least 4 members (excludes halogenated alkanes) is 16. The first-order valence-corrected chi connectivity index (χ1v) is 31.5. The third-order valence-electron chi connectivity index (χ3n) is 11.9. The summed E-state index contributed by atoms with van der Waals surface area (Å²) < 4.78 is 32.8. The van der Waals surface area contributed by atoms with E-state index in [1.54, 1.807) is 6.08 Å². The third kappa shape index (κ3) is 60.7. The number of nitrogens with two attached hydrogens (primary N) is 1. The van der Waals surface area contributed by atoms with Crippen LogP contribution in [-0.4, -0.2) is 49.3 Å². The van der Waals surface area contributed by atoms with Gasteiger partial charge in [-0.2, -0.15) is 0 Å². The molecule has 0 fully saturated rings. The lowest BCUT2D eigenvalue weighted by Gasteiger charge is -2.19. The topological polar surface area (TPSA) is 134 Å². The average Bonchev–Trinajstić information content (AvgIpc) is 3.42. The number of hydrogen-bond donors (Lipinski definition) is 2. The van der Waals surface area contributed by atoms with Crippen molar-refractivity contribution in [3.8, 4) is 0 Å². The highest BCUT2D eigenvalue weighted by atomic mass is 31.2. The molecular weight excluding hydrogens is 978 g/mol. The Morgan fingerprint density at radius 1 is 0.403 bits per heavy atom.